The van der Waals surface area contributed by atoms with E-state index in [2.05, 4.69) is 5.10 Å². The maximum absolute atomic E-state index is 12.4. The van der Waals surface area contributed by atoms with Gasteiger partial charge in [0, 0.05) is 13.0 Å². The second kappa shape index (κ2) is 2.49. The van der Waals surface area contributed by atoms with Gasteiger partial charge in [0.2, 0.25) is 0 Å². The van der Waals surface area contributed by atoms with Crippen LogP contribution < -0.4 is 0 Å². The average molecular weight is 189 g/mol. The van der Waals surface area contributed by atoms with Crippen LogP contribution in [0.3, 0.4) is 0 Å². The molecule has 0 saturated heterocycles. The highest BCUT2D eigenvalue weighted by Gasteiger charge is 2.41. The van der Waals surface area contributed by atoms with Gasteiger partial charge in [-0.05, 0) is 12.8 Å². The molecule has 1 aliphatic carbocycles. The van der Waals surface area contributed by atoms with Crippen LogP contribution >= 0.6 is 0 Å². The quantitative estimate of drug-likeness (QED) is 0.661. The molecule has 71 valence electrons. The van der Waals surface area contributed by atoms with E-state index in [0.717, 1.165) is 12.8 Å². The molecule has 1 radical (unpaired) electrons. The summed E-state index contributed by atoms with van der Waals surface area (Å²) in [5.74, 6) is 0.0420. The fraction of sp³-hybridized carbons (Fsp3) is 0.625. The zero-order chi connectivity index (χ0) is 9.64. The lowest BCUT2D eigenvalue weighted by Gasteiger charge is -2.06. The molecule has 0 spiro atoms. The molecule has 13 heavy (non-hydrogen) atoms. The minimum Gasteiger partial charge on any atom is -0.271 e. The molecule has 0 N–H and O–H groups in total. The predicted octanol–water partition coefficient (Wildman–Crippen LogP) is 2.12. The normalized spacial score (nSPS) is 17.8. The van der Waals surface area contributed by atoms with E-state index < -0.39 is 11.7 Å². The van der Waals surface area contributed by atoms with Gasteiger partial charge in [0.25, 0.3) is 0 Å². The van der Waals surface area contributed by atoms with Gasteiger partial charge in [-0.15, -0.1) is 0 Å². The van der Waals surface area contributed by atoms with Gasteiger partial charge in [0.1, 0.15) is 11.8 Å². The van der Waals surface area contributed by atoms with E-state index >= 15 is 0 Å². The van der Waals surface area contributed by atoms with E-state index in [-0.39, 0.29) is 11.6 Å². The third-order valence-electron chi connectivity index (χ3n) is 2.16. The van der Waals surface area contributed by atoms with Crippen molar-refractivity contribution >= 4 is 0 Å². The van der Waals surface area contributed by atoms with Crippen LogP contribution in [0.15, 0.2) is 0 Å². The Balaban J connectivity index is 2.45. The Morgan fingerprint density at radius 1 is 1.46 bits per heavy atom. The maximum Gasteiger partial charge on any atom is 0.420 e. The molecule has 0 bridgehead atoms. The topological polar surface area (TPSA) is 17.8 Å². The van der Waals surface area contributed by atoms with Crippen molar-refractivity contribution in [3.05, 3.63) is 17.5 Å². The molecule has 5 heteroatoms. The monoisotopic (exact) mass is 189 g/mol. The Kier molecular flexibility index (Phi) is 1.65. The highest BCUT2D eigenvalue weighted by Crippen LogP contribution is 2.45. The van der Waals surface area contributed by atoms with Crippen LogP contribution in [0.5, 0.6) is 0 Å². The summed E-state index contributed by atoms with van der Waals surface area (Å²) in [5.41, 5.74) is -0.412. The first-order chi connectivity index (χ1) is 6.00. The molecule has 0 aliphatic heterocycles. The minimum absolute atomic E-state index is 0.0420. The van der Waals surface area contributed by atoms with Crippen molar-refractivity contribution in [2.24, 2.45) is 7.05 Å². The van der Waals surface area contributed by atoms with Crippen molar-refractivity contribution in [2.75, 3.05) is 0 Å². The largest absolute Gasteiger partial charge is 0.420 e. The van der Waals surface area contributed by atoms with Crippen LogP contribution in [0.4, 0.5) is 13.2 Å². The van der Waals surface area contributed by atoms with E-state index in [1.807, 2.05) is 6.20 Å². The first-order valence-corrected chi connectivity index (χ1v) is 4.02. The summed E-state index contributed by atoms with van der Waals surface area (Å²) in [6.07, 6.45) is -0.630. The second-order valence-electron chi connectivity index (χ2n) is 3.27. The lowest BCUT2D eigenvalue weighted by molar-refractivity contribution is -0.138. The number of alkyl halides is 3. The van der Waals surface area contributed by atoms with Crippen LogP contribution in [0.2, 0.25) is 0 Å². The van der Waals surface area contributed by atoms with Crippen molar-refractivity contribution in [3.63, 3.8) is 0 Å². The van der Waals surface area contributed by atoms with E-state index in [9.17, 15) is 13.2 Å². The third kappa shape index (κ3) is 1.43. The van der Waals surface area contributed by atoms with Gasteiger partial charge < -0.3 is 0 Å². The number of hydrogen-bond donors (Lipinski definition) is 0. The number of rotatable bonds is 1. The molecule has 1 aromatic rings. The molecule has 2 rings (SSSR count). The van der Waals surface area contributed by atoms with Gasteiger partial charge in [-0.25, -0.2) is 0 Å². The zero-order valence-electron chi connectivity index (χ0n) is 7.02. The summed E-state index contributed by atoms with van der Waals surface area (Å²) in [4.78, 5) is 0. The second-order valence-corrected chi connectivity index (χ2v) is 3.27. The SMILES string of the molecule is Cn1n[c]c(C(F)(F)F)c1C1CC1. The summed E-state index contributed by atoms with van der Waals surface area (Å²) >= 11 is 0. The van der Waals surface area contributed by atoms with E-state index in [1.54, 1.807) is 0 Å². The Morgan fingerprint density at radius 2 is 2.08 bits per heavy atom. The van der Waals surface area contributed by atoms with Crippen LogP contribution in [0, 0.1) is 6.20 Å². The summed E-state index contributed by atoms with van der Waals surface area (Å²) in [7, 11) is 1.53. The third-order valence-corrected chi connectivity index (χ3v) is 2.16. The molecule has 1 fully saturated rings. The van der Waals surface area contributed by atoms with Crippen LogP contribution in [0.25, 0.3) is 0 Å². The van der Waals surface area contributed by atoms with Crippen molar-refractivity contribution < 1.29 is 13.2 Å². The fourth-order valence-electron chi connectivity index (χ4n) is 1.43. The number of aryl methyl sites for hydroxylation is 1. The summed E-state index contributed by atoms with van der Waals surface area (Å²) in [6.45, 7) is 0. The molecular weight excluding hydrogens is 181 g/mol. The first-order valence-electron chi connectivity index (χ1n) is 4.02. The van der Waals surface area contributed by atoms with Crippen LogP contribution in [-0.4, -0.2) is 9.78 Å². The average Bonchev–Trinajstić information content (AvgIpc) is 2.73. The maximum atomic E-state index is 12.4. The number of halogens is 3. The number of aromatic nitrogens is 2. The molecule has 1 aromatic heterocycles. The zero-order valence-corrected chi connectivity index (χ0v) is 7.02. The molecule has 0 aromatic carbocycles. The van der Waals surface area contributed by atoms with E-state index in [4.69, 9.17) is 0 Å². The molecule has 1 aliphatic rings. The molecule has 0 atom stereocenters. The van der Waals surface area contributed by atoms with Gasteiger partial charge in [-0.2, -0.15) is 18.3 Å². The van der Waals surface area contributed by atoms with Crippen LogP contribution in [-0.2, 0) is 13.2 Å². The lowest BCUT2D eigenvalue weighted by Crippen LogP contribution is -2.08. The first kappa shape index (κ1) is 8.59. The van der Waals surface area contributed by atoms with E-state index in [0.29, 0.717) is 0 Å². The van der Waals surface area contributed by atoms with Gasteiger partial charge >= 0.3 is 6.18 Å². The number of nitrogens with zero attached hydrogens (tertiary/aromatic N) is 2. The fourth-order valence-corrected chi connectivity index (χ4v) is 1.43. The smallest absolute Gasteiger partial charge is 0.271 e. The standard InChI is InChI=1S/C8H8F3N2/c1-13-7(5-2-3-5)6(4-12-13)8(9,10)11/h5H,2-3H2,1H3. The summed E-state index contributed by atoms with van der Waals surface area (Å²) in [6, 6.07) is 0. The van der Waals surface area contributed by atoms with Gasteiger partial charge in [0.15, 0.2) is 0 Å². The van der Waals surface area contributed by atoms with Crippen molar-refractivity contribution in [3.8, 4) is 0 Å². The molecule has 0 unspecified atom stereocenters. The minimum atomic E-state index is -4.31. The Morgan fingerprint density at radius 3 is 2.54 bits per heavy atom. The van der Waals surface area contributed by atoms with E-state index in [1.165, 1.54) is 11.7 Å². The Labute approximate surface area is 73.4 Å². The van der Waals surface area contributed by atoms with Gasteiger partial charge in [0.05, 0.1) is 5.69 Å². The predicted molar refractivity (Wildman–Crippen MR) is 39.0 cm³/mol. The number of hydrogen-bond acceptors (Lipinski definition) is 1. The lowest BCUT2D eigenvalue weighted by atomic mass is 10.2. The van der Waals surface area contributed by atoms with Gasteiger partial charge in [-0.3, -0.25) is 4.68 Å². The highest BCUT2D eigenvalue weighted by molar-refractivity contribution is 5.27. The Hall–Kier alpha value is -1.00. The van der Waals surface area contributed by atoms with Crippen molar-refractivity contribution in [1.29, 1.82) is 0 Å². The van der Waals surface area contributed by atoms with Gasteiger partial charge in [-0.1, -0.05) is 0 Å². The molecular formula is C8H8F3N2. The van der Waals surface area contributed by atoms with Crippen molar-refractivity contribution in [1.82, 2.24) is 9.78 Å². The summed E-state index contributed by atoms with van der Waals surface area (Å²) in [5, 5.41) is 3.52. The highest BCUT2D eigenvalue weighted by atomic mass is 19.4. The molecule has 2 nitrogen and oxygen atoms in total. The molecule has 0 amide bonds. The molecule has 1 saturated carbocycles. The van der Waals surface area contributed by atoms with Crippen LogP contribution in [0.1, 0.15) is 30.0 Å². The molecule has 1 heterocycles. The van der Waals surface area contributed by atoms with Crippen molar-refractivity contribution in [2.45, 2.75) is 24.9 Å². The Bertz CT molecular complexity index is 323. The summed E-state index contributed by atoms with van der Waals surface area (Å²) < 4.78 is 38.4.